The van der Waals surface area contributed by atoms with E-state index in [0.29, 0.717) is 17.9 Å². The van der Waals surface area contributed by atoms with Gasteiger partial charge < -0.3 is 9.64 Å². The first-order valence-electron chi connectivity index (χ1n) is 10.2. The van der Waals surface area contributed by atoms with Crippen molar-refractivity contribution in [2.24, 2.45) is 5.41 Å². The molecule has 2 atom stereocenters. The van der Waals surface area contributed by atoms with Crippen molar-refractivity contribution in [2.45, 2.75) is 71.1 Å². The van der Waals surface area contributed by atoms with Crippen LogP contribution in [0.2, 0.25) is 0 Å². The monoisotopic (exact) mass is 341 g/mol. The van der Waals surface area contributed by atoms with Crippen LogP contribution in [0.25, 0.3) is 0 Å². The summed E-state index contributed by atoms with van der Waals surface area (Å²) in [5.74, 6) is 0.473. The van der Waals surface area contributed by atoms with Gasteiger partial charge in [0.2, 0.25) is 0 Å². The SMILES string of the molecule is CCOC(=O)c1cc2c(cc1N1CCCC1)CC[C@]1(C)CCCC[C@H]21. The van der Waals surface area contributed by atoms with Crippen molar-refractivity contribution < 1.29 is 9.53 Å². The molecule has 25 heavy (non-hydrogen) atoms. The molecule has 4 rings (SSSR count). The molecular weight excluding hydrogens is 310 g/mol. The molecule has 2 fully saturated rings. The van der Waals surface area contributed by atoms with Crippen molar-refractivity contribution in [3.05, 3.63) is 28.8 Å². The van der Waals surface area contributed by atoms with Gasteiger partial charge in [-0.3, -0.25) is 0 Å². The Morgan fingerprint density at radius 2 is 2.00 bits per heavy atom. The molecular formula is C22H31NO2. The second-order valence-electron chi connectivity index (χ2n) is 8.44. The number of anilines is 1. The summed E-state index contributed by atoms with van der Waals surface area (Å²) < 4.78 is 5.41. The van der Waals surface area contributed by atoms with Crippen molar-refractivity contribution in [3.8, 4) is 0 Å². The fourth-order valence-electron chi connectivity index (χ4n) is 5.43. The first kappa shape index (κ1) is 16.9. The highest BCUT2D eigenvalue weighted by atomic mass is 16.5. The fourth-order valence-corrected chi connectivity index (χ4v) is 5.43. The quantitative estimate of drug-likeness (QED) is 0.719. The Morgan fingerprint density at radius 1 is 1.20 bits per heavy atom. The van der Waals surface area contributed by atoms with Gasteiger partial charge in [-0.2, -0.15) is 0 Å². The van der Waals surface area contributed by atoms with Gasteiger partial charge in [0, 0.05) is 13.1 Å². The average Bonchev–Trinajstić information content (AvgIpc) is 3.15. The fraction of sp³-hybridized carbons (Fsp3) is 0.682. The molecule has 3 nitrogen and oxygen atoms in total. The lowest BCUT2D eigenvalue weighted by atomic mass is 9.58. The van der Waals surface area contributed by atoms with E-state index in [4.69, 9.17) is 4.74 Å². The van der Waals surface area contributed by atoms with Gasteiger partial charge in [0.15, 0.2) is 0 Å². The number of rotatable bonds is 3. The molecule has 0 amide bonds. The molecule has 136 valence electrons. The summed E-state index contributed by atoms with van der Waals surface area (Å²) in [6.07, 6.45) is 10.2. The maximum absolute atomic E-state index is 12.7. The van der Waals surface area contributed by atoms with Crippen LogP contribution in [0.4, 0.5) is 5.69 Å². The summed E-state index contributed by atoms with van der Waals surface area (Å²) in [6.45, 7) is 6.93. The standard InChI is InChI=1S/C22H31NO2/c1-3-25-21(24)18-15-17-16(14-20(18)23-12-6-7-13-23)9-11-22(2)10-5-4-8-19(17)22/h14-15,19H,3-13H2,1-2H3/t19-,22+/m1/s1. The zero-order chi connectivity index (χ0) is 17.4. The first-order valence-corrected chi connectivity index (χ1v) is 10.2. The molecule has 1 heterocycles. The van der Waals surface area contributed by atoms with Crippen LogP contribution in [0.5, 0.6) is 0 Å². The number of carbonyl (C=O) groups is 1. The Kier molecular flexibility index (Phi) is 4.51. The number of nitrogens with zero attached hydrogens (tertiary/aromatic N) is 1. The van der Waals surface area contributed by atoms with Crippen LogP contribution in [0.15, 0.2) is 12.1 Å². The minimum atomic E-state index is -0.143. The highest BCUT2D eigenvalue weighted by Gasteiger charge is 2.41. The van der Waals surface area contributed by atoms with E-state index in [1.54, 1.807) is 0 Å². The second-order valence-corrected chi connectivity index (χ2v) is 8.44. The van der Waals surface area contributed by atoms with E-state index in [0.717, 1.165) is 30.8 Å². The second kappa shape index (κ2) is 6.66. The van der Waals surface area contributed by atoms with Crippen LogP contribution in [0.3, 0.4) is 0 Å². The molecule has 0 spiro atoms. The van der Waals surface area contributed by atoms with Crippen molar-refractivity contribution in [1.82, 2.24) is 0 Å². The first-order chi connectivity index (χ1) is 12.1. The van der Waals surface area contributed by atoms with Crippen LogP contribution < -0.4 is 4.90 Å². The van der Waals surface area contributed by atoms with Crippen LogP contribution in [0, 0.1) is 5.41 Å². The van der Waals surface area contributed by atoms with E-state index in [2.05, 4.69) is 24.0 Å². The van der Waals surface area contributed by atoms with Crippen LogP contribution in [-0.4, -0.2) is 25.7 Å². The van der Waals surface area contributed by atoms with E-state index in [1.807, 2.05) is 6.92 Å². The molecule has 1 saturated heterocycles. The Hall–Kier alpha value is -1.51. The number of aryl methyl sites for hydroxylation is 1. The summed E-state index contributed by atoms with van der Waals surface area (Å²) >= 11 is 0. The summed E-state index contributed by atoms with van der Waals surface area (Å²) in [6, 6.07) is 4.55. The Morgan fingerprint density at radius 3 is 2.76 bits per heavy atom. The molecule has 0 N–H and O–H groups in total. The maximum atomic E-state index is 12.7. The minimum absolute atomic E-state index is 0.143. The zero-order valence-electron chi connectivity index (χ0n) is 15.8. The molecule has 0 bridgehead atoms. The van der Waals surface area contributed by atoms with Gasteiger partial charge in [0.1, 0.15) is 0 Å². The van der Waals surface area contributed by atoms with Crippen LogP contribution in [0.1, 0.15) is 86.2 Å². The van der Waals surface area contributed by atoms with Crippen molar-refractivity contribution >= 4 is 11.7 Å². The highest BCUT2D eigenvalue weighted by Crippen LogP contribution is 2.54. The molecule has 0 aromatic heterocycles. The molecule has 2 aliphatic carbocycles. The van der Waals surface area contributed by atoms with Gasteiger partial charge in [-0.1, -0.05) is 19.8 Å². The zero-order valence-corrected chi connectivity index (χ0v) is 15.8. The van der Waals surface area contributed by atoms with E-state index in [9.17, 15) is 4.79 Å². The van der Waals surface area contributed by atoms with Crippen molar-refractivity contribution in [3.63, 3.8) is 0 Å². The Labute approximate surface area is 151 Å². The van der Waals surface area contributed by atoms with E-state index in [1.165, 1.54) is 56.1 Å². The Balaban J connectivity index is 1.79. The summed E-state index contributed by atoms with van der Waals surface area (Å²) in [5, 5.41) is 0. The topological polar surface area (TPSA) is 29.5 Å². The molecule has 1 aromatic carbocycles. The van der Waals surface area contributed by atoms with Gasteiger partial charge in [-0.15, -0.1) is 0 Å². The third-order valence-electron chi connectivity index (χ3n) is 6.87. The predicted molar refractivity (Wildman–Crippen MR) is 101 cm³/mol. The lowest BCUT2D eigenvalue weighted by Crippen LogP contribution is -2.34. The van der Waals surface area contributed by atoms with Crippen molar-refractivity contribution in [2.75, 3.05) is 24.6 Å². The summed E-state index contributed by atoms with van der Waals surface area (Å²) in [5.41, 5.74) is 5.28. The molecule has 1 aliphatic heterocycles. The van der Waals surface area contributed by atoms with Gasteiger partial charge in [-0.25, -0.2) is 4.79 Å². The van der Waals surface area contributed by atoms with Gasteiger partial charge >= 0.3 is 5.97 Å². The van der Waals surface area contributed by atoms with Gasteiger partial charge in [0.05, 0.1) is 17.9 Å². The number of hydrogen-bond donors (Lipinski definition) is 0. The summed E-state index contributed by atoms with van der Waals surface area (Å²) in [4.78, 5) is 15.1. The highest BCUT2D eigenvalue weighted by molar-refractivity contribution is 5.96. The van der Waals surface area contributed by atoms with E-state index < -0.39 is 0 Å². The number of benzene rings is 1. The van der Waals surface area contributed by atoms with Gasteiger partial charge in [-0.05, 0) is 80.0 Å². The third-order valence-corrected chi connectivity index (χ3v) is 6.87. The largest absolute Gasteiger partial charge is 0.462 e. The molecule has 0 unspecified atom stereocenters. The molecule has 3 heteroatoms. The number of ether oxygens (including phenoxy) is 1. The minimum Gasteiger partial charge on any atom is -0.462 e. The number of fused-ring (bicyclic) bond motifs is 3. The molecule has 1 saturated carbocycles. The lowest BCUT2D eigenvalue weighted by molar-refractivity contribution is 0.0526. The van der Waals surface area contributed by atoms with Gasteiger partial charge in [0.25, 0.3) is 0 Å². The summed E-state index contributed by atoms with van der Waals surface area (Å²) in [7, 11) is 0. The third kappa shape index (κ3) is 2.96. The lowest BCUT2D eigenvalue weighted by Gasteiger charge is -2.46. The predicted octanol–water partition coefficient (Wildman–Crippen LogP) is 5.07. The van der Waals surface area contributed by atoms with E-state index >= 15 is 0 Å². The smallest absolute Gasteiger partial charge is 0.340 e. The maximum Gasteiger partial charge on any atom is 0.340 e. The number of esters is 1. The van der Waals surface area contributed by atoms with Crippen molar-refractivity contribution in [1.29, 1.82) is 0 Å². The number of hydrogen-bond acceptors (Lipinski definition) is 3. The molecule has 0 radical (unpaired) electrons. The normalized spacial score (nSPS) is 28.4. The van der Waals surface area contributed by atoms with Crippen LogP contribution in [-0.2, 0) is 11.2 Å². The Bertz CT molecular complexity index is 662. The number of carbonyl (C=O) groups excluding carboxylic acids is 1. The molecule has 3 aliphatic rings. The van der Waals surface area contributed by atoms with Crippen LogP contribution >= 0.6 is 0 Å². The molecule has 1 aromatic rings. The van der Waals surface area contributed by atoms with E-state index in [-0.39, 0.29) is 5.97 Å². The average molecular weight is 341 g/mol.